The second kappa shape index (κ2) is 5.41. The molecule has 3 saturated carbocycles. The molecule has 0 N–H and O–H groups in total. The highest BCUT2D eigenvalue weighted by molar-refractivity contribution is 5.54. The summed E-state index contributed by atoms with van der Waals surface area (Å²) >= 11 is 0. The summed E-state index contributed by atoms with van der Waals surface area (Å²) < 4.78 is 12.0. The zero-order chi connectivity index (χ0) is 16.4. The molecule has 4 aliphatic carbocycles. The molecule has 5 aliphatic rings. The largest absolute Gasteiger partial charge is 0.347 e. The van der Waals surface area contributed by atoms with Crippen molar-refractivity contribution in [2.45, 2.75) is 64.1 Å². The molecule has 5 rings (SSSR count). The molecule has 0 aromatic heterocycles. The molecule has 24 heavy (non-hydrogen) atoms. The summed E-state index contributed by atoms with van der Waals surface area (Å²) in [5.41, 5.74) is 2.05. The number of fused-ring (bicyclic) bond motifs is 5. The topological polar surface area (TPSA) is 35.5 Å². The van der Waals surface area contributed by atoms with Crippen LogP contribution < -0.4 is 0 Å². The minimum atomic E-state index is -0.283. The van der Waals surface area contributed by atoms with E-state index in [2.05, 4.69) is 13.0 Å². The SMILES string of the molecule is C[C@]12CC[C@H]3[C@@H](CC=C4CC5(CC[C@@H]43)OCCO5)[C@@H]1CC(C=O)C2. The normalized spacial score (nSPS) is 49.2. The summed E-state index contributed by atoms with van der Waals surface area (Å²) in [6, 6.07) is 0. The second-order valence-electron chi connectivity index (χ2n) is 9.41. The Labute approximate surface area is 145 Å². The molecule has 4 fully saturated rings. The number of carbonyl (C=O) groups excluding carboxylic acids is 1. The van der Waals surface area contributed by atoms with Gasteiger partial charge in [-0.15, -0.1) is 0 Å². The van der Waals surface area contributed by atoms with Crippen molar-refractivity contribution in [2.24, 2.45) is 35.0 Å². The highest BCUT2D eigenvalue weighted by atomic mass is 16.7. The van der Waals surface area contributed by atoms with Gasteiger partial charge in [-0.3, -0.25) is 0 Å². The first kappa shape index (κ1) is 15.6. The molecule has 1 unspecified atom stereocenters. The number of ether oxygens (including phenoxy) is 2. The van der Waals surface area contributed by atoms with E-state index in [1.165, 1.54) is 32.0 Å². The number of aldehydes is 1. The van der Waals surface area contributed by atoms with Gasteiger partial charge in [-0.05, 0) is 67.6 Å². The molecule has 0 radical (unpaired) electrons. The van der Waals surface area contributed by atoms with Crippen LogP contribution in [-0.4, -0.2) is 25.3 Å². The summed E-state index contributed by atoms with van der Waals surface area (Å²) in [5.74, 6) is 3.20. The molecule has 3 nitrogen and oxygen atoms in total. The van der Waals surface area contributed by atoms with Crippen molar-refractivity contribution in [1.82, 2.24) is 0 Å². The van der Waals surface area contributed by atoms with E-state index in [0.717, 1.165) is 62.6 Å². The lowest BCUT2D eigenvalue weighted by Crippen LogP contribution is -2.46. The van der Waals surface area contributed by atoms with Crippen LogP contribution in [0.5, 0.6) is 0 Å². The zero-order valence-corrected chi connectivity index (χ0v) is 14.8. The van der Waals surface area contributed by atoms with E-state index in [4.69, 9.17) is 9.47 Å². The molecule has 0 aromatic rings. The van der Waals surface area contributed by atoms with Gasteiger partial charge < -0.3 is 14.3 Å². The van der Waals surface area contributed by atoms with Crippen LogP contribution in [-0.2, 0) is 14.3 Å². The fraction of sp³-hybridized carbons (Fsp3) is 0.857. The predicted molar refractivity (Wildman–Crippen MR) is 91.3 cm³/mol. The second-order valence-corrected chi connectivity index (χ2v) is 9.41. The maximum Gasteiger partial charge on any atom is 0.172 e. The predicted octanol–water partition coefficient (Wildman–Crippen LogP) is 4.12. The van der Waals surface area contributed by atoms with E-state index in [0.29, 0.717) is 11.3 Å². The van der Waals surface area contributed by atoms with Gasteiger partial charge in [0.15, 0.2) is 5.79 Å². The van der Waals surface area contributed by atoms with Gasteiger partial charge in [0.25, 0.3) is 0 Å². The molecule has 1 spiro atoms. The van der Waals surface area contributed by atoms with Gasteiger partial charge in [-0.2, -0.15) is 0 Å². The van der Waals surface area contributed by atoms with E-state index < -0.39 is 0 Å². The van der Waals surface area contributed by atoms with Crippen LogP contribution in [0.2, 0.25) is 0 Å². The molecule has 0 amide bonds. The Balaban J connectivity index is 1.40. The minimum absolute atomic E-state index is 0.283. The van der Waals surface area contributed by atoms with Gasteiger partial charge in [0.05, 0.1) is 13.2 Å². The Morgan fingerprint density at radius 3 is 2.79 bits per heavy atom. The van der Waals surface area contributed by atoms with Gasteiger partial charge in [0, 0.05) is 18.8 Å². The van der Waals surface area contributed by atoms with Crippen molar-refractivity contribution in [3.63, 3.8) is 0 Å². The van der Waals surface area contributed by atoms with E-state index in [1.54, 1.807) is 5.57 Å². The van der Waals surface area contributed by atoms with Crippen LogP contribution in [0.1, 0.15) is 58.3 Å². The summed E-state index contributed by atoms with van der Waals surface area (Å²) in [5, 5.41) is 0. The van der Waals surface area contributed by atoms with Gasteiger partial charge in [-0.25, -0.2) is 0 Å². The van der Waals surface area contributed by atoms with Crippen LogP contribution in [0.3, 0.4) is 0 Å². The van der Waals surface area contributed by atoms with E-state index in [-0.39, 0.29) is 5.79 Å². The summed E-state index contributed by atoms with van der Waals surface area (Å²) in [6.45, 7) is 3.99. The molecule has 1 heterocycles. The molecule has 3 heteroatoms. The van der Waals surface area contributed by atoms with Crippen molar-refractivity contribution in [3.05, 3.63) is 11.6 Å². The molecule has 0 aromatic carbocycles. The van der Waals surface area contributed by atoms with Crippen LogP contribution in [0.4, 0.5) is 0 Å². The molecule has 1 aliphatic heterocycles. The van der Waals surface area contributed by atoms with Crippen LogP contribution in [0.25, 0.3) is 0 Å². The van der Waals surface area contributed by atoms with Gasteiger partial charge in [0.1, 0.15) is 6.29 Å². The third-order valence-electron chi connectivity index (χ3n) is 8.26. The smallest absolute Gasteiger partial charge is 0.172 e. The van der Waals surface area contributed by atoms with Crippen molar-refractivity contribution in [2.75, 3.05) is 13.2 Å². The maximum atomic E-state index is 11.4. The average molecular weight is 330 g/mol. The molecule has 1 saturated heterocycles. The van der Waals surface area contributed by atoms with E-state index in [1.807, 2.05) is 0 Å². The first-order valence-corrected chi connectivity index (χ1v) is 10.0. The Morgan fingerprint density at radius 1 is 1.17 bits per heavy atom. The fourth-order valence-electron chi connectivity index (χ4n) is 7.21. The van der Waals surface area contributed by atoms with E-state index >= 15 is 0 Å². The molecule has 0 bridgehead atoms. The number of hydrogen-bond acceptors (Lipinski definition) is 3. The number of hydrogen-bond donors (Lipinski definition) is 0. The van der Waals surface area contributed by atoms with Gasteiger partial charge in [-0.1, -0.05) is 18.6 Å². The quantitative estimate of drug-likeness (QED) is 0.536. The van der Waals surface area contributed by atoms with Crippen molar-refractivity contribution < 1.29 is 14.3 Å². The maximum absolute atomic E-state index is 11.4. The van der Waals surface area contributed by atoms with Gasteiger partial charge >= 0.3 is 0 Å². The third-order valence-corrected chi connectivity index (χ3v) is 8.26. The Kier molecular flexibility index (Phi) is 3.51. The lowest BCUT2D eigenvalue weighted by atomic mass is 9.53. The highest BCUT2D eigenvalue weighted by Gasteiger charge is 2.55. The Morgan fingerprint density at radius 2 is 2.00 bits per heavy atom. The first-order chi connectivity index (χ1) is 11.6. The average Bonchev–Trinajstić information content (AvgIpc) is 3.18. The summed E-state index contributed by atoms with van der Waals surface area (Å²) in [4.78, 5) is 11.4. The zero-order valence-electron chi connectivity index (χ0n) is 14.8. The molecular weight excluding hydrogens is 300 g/mol. The standard InChI is InChI=1S/C21H30O3/c1-20-6-4-17-16-5-7-21(23-8-9-24-21)12-15(16)2-3-18(17)19(20)10-14(11-20)13-22/h2,13-14,16-19H,3-12H2,1H3/t14?,16-,17+,18+,19-,20+/m0/s1. The summed E-state index contributed by atoms with van der Waals surface area (Å²) in [7, 11) is 0. The molecular formula is C21H30O3. The lowest BCUT2D eigenvalue weighted by molar-refractivity contribution is -0.176. The van der Waals surface area contributed by atoms with Crippen LogP contribution >= 0.6 is 0 Å². The third kappa shape index (κ3) is 2.20. The lowest BCUT2D eigenvalue weighted by Gasteiger charge is -2.53. The van der Waals surface area contributed by atoms with Crippen molar-refractivity contribution >= 4 is 6.29 Å². The minimum Gasteiger partial charge on any atom is -0.347 e. The first-order valence-electron chi connectivity index (χ1n) is 10.0. The number of allylic oxidation sites excluding steroid dienone is 1. The monoisotopic (exact) mass is 330 g/mol. The molecule has 132 valence electrons. The van der Waals surface area contributed by atoms with Crippen LogP contribution in [0, 0.1) is 35.0 Å². The van der Waals surface area contributed by atoms with Crippen molar-refractivity contribution in [1.29, 1.82) is 0 Å². The Bertz CT molecular complexity index is 561. The van der Waals surface area contributed by atoms with Gasteiger partial charge in [0.2, 0.25) is 0 Å². The summed E-state index contributed by atoms with van der Waals surface area (Å²) in [6.07, 6.45) is 13.3. The van der Waals surface area contributed by atoms with Crippen molar-refractivity contribution in [3.8, 4) is 0 Å². The molecule has 6 atom stereocenters. The fourth-order valence-corrected chi connectivity index (χ4v) is 7.21. The number of carbonyl (C=O) groups is 1. The van der Waals surface area contributed by atoms with Crippen LogP contribution in [0.15, 0.2) is 11.6 Å². The number of rotatable bonds is 1. The van der Waals surface area contributed by atoms with E-state index in [9.17, 15) is 4.79 Å². The Hall–Kier alpha value is -0.670. The highest BCUT2D eigenvalue weighted by Crippen LogP contribution is 2.62.